The third-order valence-corrected chi connectivity index (χ3v) is 7.66. The van der Waals surface area contributed by atoms with E-state index in [2.05, 4.69) is 10.6 Å². The fourth-order valence-corrected chi connectivity index (χ4v) is 6.14. The molecule has 1 aromatic rings. The van der Waals surface area contributed by atoms with Gasteiger partial charge in [-0.1, -0.05) is 56.0 Å². The number of aryl methyl sites for hydroxylation is 1. The predicted octanol–water partition coefficient (Wildman–Crippen LogP) is 2.94. The van der Waals surface area contributed by atoms with Gasteiger partial charge in [0, 0.05) is 18.3 Å². The van der Waals surface area contributed by atoms with Gasteiger partial charge in [-0.05, 0) is 38.3 Å². The number of likely N-dealkylation sites (tertiary alicyclic amines) is 1. The maximum absolute atomic E-state index is 13.6. The summed E-state index contributed by atoms with van der Waals surface area (Å²) in [7, 11) is 0. The topological polar surface area (TPSA) is 87.7 Å². The summed E-state index contributed by atoms with van der Waals surface area (Å²) in [5, 5.41) is 6.16. The van der Waals surface area contributed by atoms with E-state index >= 15 is 0 Å². The average molecular weight is 452 g/mol. The van der Waals surface area contributed by atoms with Gasteiger partial charge in [-0.3, -0.25) is 14.4 Å². The van der Waals surface area contributed by atoms with E-state index in [9.17, 15) is 14.4 Å². The Kier molecular flexibility index (Phi) is 5.77. The zero-order chi connectivity index (χ0) is 23.2. The number of amides is 3. The smallest absolute Gasteiger partial charge is 0.246 e. The highest BCUT2D eigenvalue weighted by Gasteiger charge is 2.72. The normalized spacial score (nSPS) is 32.8. The number of carbonyl (C=O) groups excluding carboxylic acids is 3. The standard InChI is InChI=1S/C26H33N3O4/c1-3-15-29-22(24(31)28-17-7-5-4-6-8-17)26-14-13-19(33-26)20(21(26)25(29)32)23(30)27-18-11-9-16(2)10-12-18/h9-14,17,19-22H,3-8,15H2,1-2H3,(H,27,30)(H,28,31)/t19-,20+,21-,22-,26+/m1/s1. The summed E-state index contributed by atoms with van der Waals surface area (Å²) in [5.74, 6) is -1.90. The molecule has 3 fully saturated rings. The molecule has 33 heavy (non-hydrogen) atoms. The quantitative estimate of drug-likeness (QED) is 0.651. The van der Waals surface area contributed by atoms with E-state index in [4.69, 9.17) is 4.74 Å². The largest absolute Gasteiger partial charge is 0.359 e. The van der Waals surface area contributed by atoms with Crippen LogP contribution in [-0.2, 0) is 19.1 Å². The van der Waals surface area contributed by atoms with Gasteiger partial charge >= 0.3 is 0 Å². The molecule has 7 heteroatoms. The number of fused-ring (bicyclic) bond motifs is 1. The summed E-state index contributed by atoms with van der Waals surface area (Å²) in [6.45, 7) is 4.45. The van der Waals surface area contributed by atoms with Crippen LogP contribution in [0.15, 0.2) is 36.4 Å². The van der Waals surface area contributed by atoms with Crippen LogP contribution in [0.3, 0.4) is 0 Å². The van der Waals surface area contributed by atoms with Crippen molar-refractivity contribution < 1.29 is 19.1 Å². The third-order valence-electron chi connectivity index (χ3n) is 7.66. The van der Waals surface area contributed by atoms with Crippen molar-refractivity contribution in [1.29, 1.82) is 0 Å². The number of hydrogen-bond acceptors (Lipinski definition) is 4. The molecular formula is C26H33N3O4. The Morgan fingerprint density at radius 1 is 1.12 bits per heavy atom. The van der Waals surface area contributed by atoms with Gasteiger partial charge < -0.3 is 20.3 Å². The highest BCUT2D eigenvalue weighted by molar-refractivity contribution is 6.02. The van der Waals surface area contributed by atoms with Crippen LogP contribution in [0.2, 0.25) is 0 Å². The molecular weight excluding hydrogens is 418 g/mol. The molecule has 1 saturated carbocycles. The lowest BCUT2D eigenvalue weighted by molar-refractivity contribution is -0.141. The minimum atomic E-state index is -1.08. The first-order chi connectivity index (χ1) is 15.9. The van der Waals surface area contributed by atoms with Crippen molar-refractivity contribution in [3.8, 4) is 0 Å². The zero-order valence-corrected chi connectivity index (χ0v) is 19.4. The Bertz CT molecular complexity index is 968. The van der Waals surface area contributed by atoms with Crippen molar-refractivity contribution in [2.75, 3.05) is 11.9 Å². The van der Waals surface area contributed by atoms with Gasteiger partial charge in [-0.25, -0.2) is 0 Å². The Morgan fingerprint density at radius 2 is 1.85 bits per heavy atom. The molecule has 5 rings (SSSR count). The fraction of sp³-hybridized carbons (Fsp3) is 0.577. The first-order valence-electron chi connectivity index (χ1n) is 12.3. The maximum atomic E-state index is 13.6. The summed E-state index contributed by atoms with van der Waals surface area (Å²) in [6.07, 6.45) is 9.33. The van der Waals surface area contributed by atoms with E-state index < -0.39 is 29.6 Å². The molecule has 0 unspecified atom stereocenters. The molecule has 2 bridgehead atoms. The number of benzene rings is 1. The van der Waals surface area contributed by atoms with Gasteiger partial charge in [0.25, 0.3) is 0 Å². The number of nitrogens with zero attached hydrogens (tertiary/aromatic N) is 1. The van der Waals surface area contributed by atoms with Gasteiger partial charge in [-0.2, -0.15) is 0 Å². The van der Waals surface area contributed by atoms with Crippen molar-refractivity contribution in [3.63, 3.8) is 0 Å². The first kappa shape index (κ1) is 22.1. The average Bonchev–Trinajstić information content (AvgIpc) is 3.44. The Labute approximate surface area is 194 Å². The highest BCUT2D eigenvalue weighted by atomic mass is 16.5. The molecule has 3 amide bonds. The van der Waals surface area contributed by atoms with Crippen molar-refractivity contribution in [3.05, 3.63) is 42.0 Å². The van der Waals surface area contributed by atoms with E-state index in [0.29, 0.717) is 12.2 Å². The van der Waals surface area contributed by atoms with E-state index in [1.54, 1.807) is 4.90 Å². The molecule has 1 spiro atoms. The van der Waals surface area contributed by atoms with Gasteiger partial charge in [0.1, 0.15) is 11.6 Å². The van der Waals surface area contributed by atoms with Crippen LogP contribution < -0.4 is 10.6 Å². The number of rotatable bonds is 6. The van der Waals surface area contributed by atoms with Crippen molar-refractivity contribution in [2.24, 2.45) is 11.8 Å². The van der Waals surface area contributed by atoms with Crippen LogP contribution in [-0.4, -0.2) is 53.0 Å². The SMILES string of the molecule is CCCN1C(=O)[C@H]2[C@@H](C(=O)Nc3ccc(C)cc3)[C@H]3C=C[C@@]2(O3)[C@H]1C(=O)NC1CCCCC1. The predicted molar refractivity (Wildman–Crippen MR) is 124 cm³/mol. The number of nitrogens with one attached hydrogen (secondary N) is 2. The molecule has 2 saturated heterocycles. The zero-order valence-electron chi connectivity index (χ0n) is 19.4. The minimum Gasteiger partial charge on any atom is -0.359 e. The maximum Gasteiger partial charge on any atom is 0.246 e. The Hall–Kier alpha value is -2.67. The molecule has 3 aliphatic heterocycles. The van der Waals surface area contributed by atoms with Crippen molar-refractivity contribution in [2.45, 2.75) is 76.2 Å². The van der Waals surface area contributed by atoms with E-state index in [1.807, 2.05) is 50.3 Å². The van der Waals surface area contributed by atoms with Crippen LogP contribution in [0, 0.1) is 18.8 Å². The lowest BCUT2D eigenvalue weighted by atomic mass is 9.74. The van der Waals surface area contributed by atoms with Gasteiger partial charge in [0.15, 0.2) is 0 Å². The van der Waals surface area contributed by atoms with E-state index in [-0.39, 0.29) is 23.8 Å². The Balaban J connectivity index is 1.41. The van der Waals surface area contributed by atoms with Crippen LogP contribution >= 0.6 is 0 Å². The van der Waals surface area contributed by atoms with Crippen LogP contribution in [0.25, 0.3) is 0 Å². The van der Waals surface area contributed by atoms with Crippen LogP contribution in [0.1, 0.15) is 51.0 Å². The summed E-state index contributed by atoms with van der Waals surface area (Å²) >= 11 is 0. The van der Waals surface area contributed by atoms with Gasteiger partial charge in [0.05, 0.1) is 17.9 Å². The molecule has 4 aliphatic rings. The molecule has 2 N–H and O–H groups in total. The highest BCUT2D eigenvalue weighted by Crippen LogP contribution is 2.55. The van der Waals surface area contributed by atoms with E-state index in [0.717, 1.165) is 37.7 Å². The van der Waals surface area contributed by atoms with Gasteiger partial charge in [-0.15, -0.1) is 0 Å². The summed E-state index contributed by atoms with van der Waals surface area (Å²) in [5.41, 5.74) is 0.713. The monoisotopic (exact) mass is 451 g/mol. The second-order valence-corrected chi connectivity index (χ2v) is 9.93. The van der Waals surface area contributed by atoms with Gasteiger partial charge in [0.2, 0.25) is 17.7 Å². The van der Waals surface area contributed by atoms with Crippen LogP contribution in [0.4, 0.5) is 5.69 Å². The minimum absolute atomic E-state index is 0.142. The first-order valence-corrected chi connectivity index (χ1v) is 12.3. The number of carbonyl (C=O) groups is 3. The molecule has 1 aromatic carbocycles. The second kappa shape index (κ2) is 8.60. The van der Waals surface area contributed by atoms with E-state index in [1.165, 1.54) is 6.42 Å². The number of anilines is 1. The Morgan fingerprint density at radius 3 is 2.55 bits per heavy atom. The lowest BCUT2D eigenvalue weighted by Gasteiger charge is -2.34. The summed E-state index contributed by atoms with van der Waals surface area (Å²) in [6, 6.07) is 6.98. The fourth-order valence-electron chi connectivity index (χ4n) is 6.14. The number of ether oxygens (including phenoxy) is 1. The number of hydrogen-bond donors (Lipinski definition) is 2. The molecule has 0 aromatic heterocycles. The second-order valence-electron chi connectivity index (χ2n) is 9.93. The molecule has 0 radical (unpaired) electrons. The molecule has 5 atom stereocenters. The lowest BCUT2D eigenvalue weighted by Crippen LogP contribution is -2.56. The summed E-state index contributed by atoms with van der Waals surface area (Å²) in [4.78, 5) is 42.2. The molecule has 7 nitrogen and oxygen atoms in total. The third kappa shape index (κ3) is 3.66. The van der Waals surface area contributed by atoms with Crippen LogP contribution in [0.5, 0.6) is 0 Å². The molecule has 1 aliphatic carbocycles. The molecule has 176 valence electrons. The van der Waals surface area contributed by atoms with Crippen molar-refractivity contribution in [1.82, 2.24) is 10.2 Å². The van der Waals surface area contributed by atoms with Crippen molar-refractivity contribution >= 4 is 23.4 Å². The summed E-state index contributed by atoms with van der Waals surface area (Å²) < 4.78 is 6.35. The molecule has 3 heterocycles.